The van der Waals surface area contributed by atoms with Gasteiger partial charge in [-0.2, -0.15) is 0 Å². The van der Waals surface area contributed by atoms with Crippen LogP contribution in [0.3, 0.4) is 0 Å². The molecule has 0 fully saturated rings. The molecule has 0 saturated heterocycles. The van der Waals surface area contributed by atoms with E-state index in [1.54, 1.807) is 0 Å². The van der Waals surface area contributed by atoms with Crippen molar-refractivity contribution in [3.05, 3.63) is 48.0 Å². The molecule has 0 N–H and O–H groups in total. The Kier molecular flexibility index (Phi) is 2.49. The van der Waals surface area contributed by atoms with E-state index in [0.717, 1.165) is 5.92 Å². The molecule has 1 aliphatic carbocycles. The van der Waals surface area contributed by atoms with Crippen LogP contribution in [-0.4, -0.2) is 0 Å². The molecule has 0 aliphatic heterocycles. The Bertz CT molecular complexity index is 284. The molecule has 0 spiro atoms. The Morgan fingerprint density at radius 3 is 2.38 bits per heavy atom. The first-order valence-electron chi connectivity index (χ1n) is 5.09. The van der Waals surface area contributed by atoms with Crippen LogP contribution in [0.4, 0.5) is 0 Å². The lowest BCUT2D eigenvalue weighted by molar-refractivity contribution is 0.545. The highest BCUT2D eigenvalue weighted by atomic mass is 14.2. The first-order valence-corrected chi connectivity index (χ1v) is 5.09. The molecule has 0 bridgehead atoms. The number of hydrogen-bond acceptors (Lipinski definition) is 0. The van der Waals surface area contributed by atoms with Gasteiger partial charge in [0, 0.05) is 5.92 Å². The van der Waals surface area contributed by atoms with E-state index in [0.29, 0.717) is 5.92 Å². The second kappa shape index (κ2) is 3.78. The maximum atomic E-state index is 2.36. The lowest BCUT2D eigenvalue weighted by Crippen LogP contribution is -2.04. The molecule has 2 rings (SSSR count). The van der Waals surface area contributed by atoms with Crippen LogP contribution < -0.4 is 0 Å². The quantitative estimate of drug-likeness (QED) is 0.566. The van der Waals surface area contributed by atoms with Crippen LogP contribution in [0.15, 0.2) is 42.5 Å². The van der Waals surface area contributed by atoms with Crippen molar-refractivity contribution >= 4 is 0 Å². The van der Waals surface area contributed by atoms with Gasteiger partial charge in [-0.1, -0.05) is 49.4 Å². The zero-order chi connectivity index (χ0) is 9.10. The van der Waals surface area contributed by atoms with Gasteiger partial charge < -0.3 is 0 Å². The van der Waals surface area contributed by atoms with Crippen molar-refractivity contribution in [3.8, 4) is 0 Å². The fourth-order valence-electron chi connectivity index (χ4n) is 1.94. The summed E-state index contributed by atoms with van der Waals surface area (Å²) >= 11 is 0. The molecule has 1 aromatic carbocycles. The third kappa shape index (κ3) is 2.00. The van der Waals surface area contributed by atoms with Gasteiger partial charge in [0.2, 0.25) is 0 Å². The van der Waals surface area contributed by atoms with Crippen LogP contribution in [0.1, 0.15) is 31.2 Å². The summed E-state index contributed by atoms with van der Waals surface area (Å²) in [6.07, 6.45) is 7.35. The summed E-state index contributed by atoms with van der Waals surface area (Å²) in [5.74, 6) is 1.44. The molecule has 2 unspecified atom stereocenters. The van der Waals surface area contributed by atoms with Gasteiger partial charge in [-0.25, -0.2) is 0 Å². The van der Waals surface area contributed by atoms with Crippen LogP contribution in [0.2, 0.25) is 0 Å². The Morgan fingerprint density at radius 1 is 1.00 bits per heavy atom. The fourth-order valence-corrected chi connectivity index (χ4v) is 1.94. The van der Waals surface area contributed by atoms with E-state index in [9.17, 15) is 0 Å². The second-order valence-electron chi connectivity index (χ2n) is 3.96. The third-order valence-electron chi connectivity index (χ3n) is 2.83. The van der Waals surface area contributed by atoms with Gasteiger partial charge in [0.25, 0.3) is 0 Å². The Morgan fingerprint density at radius 2 is 1.77 bits per heavy atom. The standard InChI is InChI=1S/C13H16/c1-11-7-9-13(10-8-11)12-5-3-2-4-6-12/h2-7,9,11,13H,8,10H2,1H3. The maximum Gasteiger partial charge on any atom is 0.00182 e. The molecule has 0 nitrogen and oxygen atoms in total. The molecule has 0 amide bonds. The van der Waals surface area contributed by atoms with Crippen molar-refractivity contribution in [2.75, 3.05) is 0 Å². The number of hydrogen-bond donors (Lipinski definition) is 0. The van der Waals surface area contributed by atoms with Gasteiger partial charge in [-0.3, -0.25) is 0 Å². The molecule has 13 heavy (non-hydrogen) atoms. The van der Waals surface area contributed by atoms with Crippen LogP contribution in [0.25, 0.3) is 0 Å². The van der Waals surface area contributed by atoms with E-state index in [4.69, 9.17) is 0 Å². The predicted octanol–water partition coefficient (Wildman–Crippen LogP) is 3.76. The van der Waals surface area contributed by atoms with Crippen molar-refractivity contribution in [2.24, 2.45) is 5.92 Å². The monoisotopic (exact) mass is 172 g/mol. The molecule has 68 valence electrons. The van der Waals surface area contributed by atoms with Crippen LogP contribution in [0.5, 0.6) is 0 Å². The largest absolute Gasteiger partial charge is 0.0851 e. The number of benzene rings is 1. The molecule has 0 heteroatoms. The summed E-state index contributed by atoms with van der Waals surface area (Å²) in [6.45, 7) is 2.29. The Labute approximate surface area is 80.3 Å². The van der Waals surface area contributed by atoms with E-state index in [-0.39, 0.29) is 0 Å². The highest BCUT2D eigenvalue weighted by Crippen LogP contribution is 2.29. The van der Waals surface area contributed by atoms with Gasteiger partial charge in [-0.05, 0) is 24.3 Å². The average molecular weight is 172 g/mol. The third-order valence-corrected chi connectivity index (χ3v) is 2.83. The van der Waals surface area contributed by atoms with Gasteiger partial charge >= 0.3 is 0 Å². The van der Waals surface area contributed by atoms with E-state index in [2.05, 4.69) is 49.4 Å². The van der Waals surface area contributed by atoms with Gasteiger partial charge in [0.05, 0.1) is 0 Å². The highest BCUT2D eigenvalue weighted by molar-refractivity contribution is 5.24. The van der Waals surface area contributed by atoms with Crippen molar-refractivity contribution in [3.63, 3.8) is 0 Å². The normalized spacial score (nSPS) is 27.5. The van der Waals surface area contributed by atoms with Gasteiger partial charge in [0.15, 0.2) is 0 Å². The van der Waals surface area contributed by atoms with Crippen molar-refractivity contribution in [2.45, 2.75) is 25.7 Å². The fraction of sp³-hybridized carbons (Fsp3) is 0.385. The Hall–Kier alpha value is -1.04. The topological polar surface area (TPSA) is 0 Å². The van der Waals surface area contributed by atoms with E-state index < -0.39 is 0 Å². The summed E-state index contributed by atoms with van der Waals surface area (Å²) < 4.78 is 0. The molecule has 1 aromatic rings. The first kappa shape index (κ1) is 8.55. The number of rotatable bonds is 1. The molecule has 0 radical (unpaired) electrons. The highest BCUT2D eigenvalue weighted by Gasteiger charge is 2.13. The van der Waals surface area contributed by atoms with Crippen molar-refractivity contribution < 1.29 is 0 Å². The number of allylic oxidation sites excluding steroid dienone is 2. The summed E-state index contributed by atoms with van der Waals surface area (Å²) in [5, 5.41) is 0. The minimum absolute atomic E-state index is 0.664. The zero-order valence-corrected chi connectivity index (χ0v) is 8.11. The van der Waals surface area contributed by atoms with Gasteiger partial charge in [-0.15, -0.1) is 0 Å². The molecule has 1 aliphatic rings. The summed E-state index contributed by atoms with van der Waals surface area (Å²) in [7, 11) is 0. The lowest BCUT2D eigenvalue weighted by Gasteiger charge is -2.20. The molecule has 0 heterocycles. The molecular formula is C13H16. The summed E-state index contributed by atoms with van der Waals surface area (Å²) in [5.41, 5.74) is 1.46. The maximum absolute atomic E-state index is 2.36. The smallest absolute Gasteiger partial charge is 0.00182 e. The average Bonchev–Trinajstić information content (AvgIpc) is 2.20. The minimum atomic E-state index is 0.664. The lowest BCUT2D eigenvalue weighted by atomic mass is 9.85. The second-order valence-corrected chi connectivity index (χ2v) is 3.96. The molecule has 2 atom stereocenters. The van der Waals surface area contributed by atoms with Crippen LogP contribution >= 0.6 is 0 Å². The van der Waals surface area contributed by atoms with Crippen molar-refractivity contribution in [1.29, 1.82) is 0 Å². The molecular weight excluding hydrogens is 156 g/mol. The molecule has 0 saturated carbocycles. The van der Waals surface area contributed by atoms with Gasteiger partial charge in [0.1, 0.15) is 0 Å². The van der Waals surface area contributed by atoms with Crippen LogP contribution in [0, 0.1) is 5.92 Å². The SMILES string of the molecule is CC1C=CC(c2ccccc2)CC1. The zero-order valence-electron chi connectivity index (χ0n) is 8.11. The van der Waals surface area contributed by atoms with E-state index >= 15 is 0 Å². The predicted molar refractivity (Wildman–Crippen MR) is 56.7 cm³/mol. The summed E-state index contributed by atoms with van der Waals surface area (Å²) in [6, 6.07) is 10.8. The van der Waals surface area contributed by atoms with Crippen molar-refractivity contribution in [1.82, 2.24) is 0 Å². The first-order chi connectivity index (χ1) is 6.36. The van der Waals surface area contributed by atoms with Crippen LogP contribution in [-0.2, 0) is 0 Å². The Balaban J connectivity index is 2.15. The van der Waals surface area contributed by atoms with E-state index in [1.165, 1.54) is 18.4 Å². The minimum Gasteiger partial charge on any atom is -0.0851 e. The molecule has 0 aromatic heterocycles. The van der Waals surface area contributed by atoms with E-state index in [1.807, 2.05) is 0 Å². The summed E-state index contributed by atoms with van der Waals surface area (Å²) in [4.78, 5) is 0.